The minimum absolute atomic E-state index is 0.119. The van der Waals surface area contributed by atoms with E-state index in [1.165, 1.54) is 11.8 Å². The number of carbonyl (C=O) groups excluding carboxylic acids is 1. The van der Waals surface area contributed by atoms with Crippen LogP contribution in [0.25, 0.3) is 11.5 Å². The van der Waals surface area contributed by atoms with Gasteiger partial charge in [-0.05, 0) is 38.1 Å². The first-order chi connectivity index (χ1) is 11.6. The fraction of sp³-hybridized carbons (Fsp3) is 0.235. The summed E-state index contributed by atoms with van der Waals surface area (Å²) in [6, 6.07) is 11.4. The molecule has 0 saturated heterocycles. The van der Waals surface area contributed by atoms with Crippen molar-refractivity contribution in [3.63, 3.8) is 0 Å². The molecule has 1 N–H and O–H groups in total. The number of hydrogen-bond donors (Lipinski definition) is 1. The number of aryl methyl sites for hydroxylation is 1. The van der Waals surface area contributed by atoms with Crippen LogP contribution in [0.2, 0.25) is 0 Å². The lowest BCUT2D eigenvalue weighted by molar-refractivity contribution is -0.120. The predicted molar refractivity (Wildman–Crippen MR) is 90.3 cm³/mol. The molecule has 2 aromatic heterocycles. The lowest BCUT2D eigenvalue weighted by Gasteiger charge is -2.08. The van der Waals surface area contributed by atoms with Gasteiger partial charge in [-0.1, -0.05) is 29.5 Å². The number of nitrogens with one attached hydrogen (secondary N) is 1. The minimum atomic E-state index is -0.355. The molecule has 0 aliphatic rings. The second kappa shape index (κ2) is 7.35. The third kappa shape index (κ3) is 4.05. The van der Waals surface area contributed by atoms with Crippen molar-refractivity contribution in [2.24, 2.45) is 0 Å². The molecule has 0 unspecified atom stereocenters. The second-order valence-electron chi connectivity index (χ2n) is 5.30. The molecule has 1 amide bonds. The summed E-state index contributed by atoms with van der Waals surface area (Å²) in [6.45, 7) is 4.16. The average Bonchev–Trinajstić information content (AvgIpc) is 3.25. The Morgan fingerprint density at radius 3 is 2.75 bits per heavy atom. The fourth-order valence-electron chi connectivity index (χ4n) is 2.01. The number of furan rings is 1. The van der Waals surface area contributed by atoms with Crippen molar-refractivity contribution in [3.05, 3.63) is 54.0 Å². The van der Waals surface area contributed by atoms with E-state index in [4.69, 9.17) is 8.83 Å². The molecule has 0 aliphatic heterocycles. The van der Waals surface area contributed by atoms with Crippen LogP contribution in [0, 0.1) is 6.92 Å². The minimum Gasteiger partial charge on any atom is -0.467 e. The molecule has 0 fully saturated rings. The van der Waals surface area contributed by atoms with Crippen LogP contribution in [0.3, 0.4) is 0 Å². The van der Waals surface area contributed by atoms with E-state index in [-0.39, 0.29) is 11.2 Å². The summed E-state index contributed by atoms with van der Waals surface area (Å²) in [5, 5.41) is 10.8. The van der Waals surface area contributed by atoms with E-state index in [1.54, 1.807) is 19.3 Å². The summed E-state index contributed by atoms with van der Waals surface area (Å²) in [6.07, 6.45) is 1.57. The van der Waals surface area contributed by atoms with Gasteiger partial charge in [-0.2, -0.15) is 0 Å². The Bertz CT molecular complexity index is 797. The number of hydrogen-bond acceptors (Lipinski definition) is 6. The van der Waals surface area contributed by atoms with Gasteiger partial charge in [-0.3, -0.25) is 4.79 Å². The Balaban J connectivity index is 1.57. The van der Waals surface area contributed by atoms with Crippen molar-refractivity contribution in [2.45, 2.75) is 30.9 Å². The smallest absolute Gasteiger partial charge is 0.277 e. The molecular formula is C17H17N3O3S. The summed E-state index contributed by atoms with van der Waals surface area (Å²) in [7, 11) is 0. The topological polar surface area (TPSA) is 81.2 Å². The maximum Gasteiger partial charge on any atom is 0.277 e. The number of aromatic nitrogens is 2. The van der Waals surface area contributed by atoms with Gasteiger partial charge < -0.3 is 14.2 Å². The van der Waals surface area contributed by atoms with E-state index in [0.717, 1.165) is 11.1 Å². The van der Waals surface area contributed by atoms with Crippen molar-refractivity contribution in [2.75, 3.05) is 0 Å². The van der Waals surface area contributed by atoms with Crippen molar-refractivity contribution < 1.29 is 13.6 Å². The Kier molecular flexibility index (Phi) is 5.00. The van der Waals surface area contributed by atoms with Gasteiger partial charge in [0.25, 0.3) is 5.22 Å². The zero-order chi connectivity index (χ0) is 16.9. The van der Waals surface area contributed by atoms with Crippen LogP contribution in [0.5, 0.6) is 0 Å². The summed E-state index contributed by atoms with van der Waals surface area (Å²) in [5.74, 6) is 1.03. The zero-order valence-corrected chi connectivity index (χ0v) is 14.2. The Labute approximate surface area is 143 Å². The van der Waals surface area contributed by atoms with Crippen LogP contribution in [0.1, 0.15) is 18.2 Å². The van der Waals surface area contributed by atoms with E-state index < -0.39 is 0 Å². The lowest BCUT2D eigenvalue weighted by Crippen LogP contribution is -2.30. The third-order valence-corrected chi connectivity index (χ3v) is 4.30. The molecule has 0 spiro atoms. The highest BCUT2D eigenvalue weighted by Gasteiger charge is 2.18. The van der Waals surface area contributed by atoms with Gasteiger partial charge in [0.05, 0.1) is 18.1 Å². The molecule has 124 valence electrons. The molecule has 6 nitrogen and oxygen atoms in total. The maximum absolute atomic E-state index is 12.1. The first-order valence-electron chi connectivity index (χ1n) is 7.49. The Hall–Kier alpha value is -2.54. The number of rotatable bonds is 6. The number of benzene rings is 1. The average molecular weight is 343 g/mol. The van der Waals surface area contributed by atoms with Crippen molar-refractivity contribution in [1.82, 2.24) is 15.5 Å². The monoisotopic (exact) mass is 343 g/mol. The summed E-state index contributed by atoms with van der Waals surface area (Å²) in [5.41, 5.74) is 2.02. The van der Waals surface area contributed by atoms with Crippen molar-refractivity contribution >= 4 is 17.7 Å². The highest BCUT2D eigenvalue weighted by molar-refractivity contribution is 8.00. The van der Waals surface area contributed by atoms with Gasteiger partial charge in [0.15, 0.2) is 0 Å². The Morgan fingerprint density at radius 2 is 2.04 bits per heavy atom. The van der Waals surface area contributed by atoms with Gasteiger partial charge in [-0.25, -0.2) is 0 Å². The van der Waals surface area contributed by atoms with Crippen LogP contribution in [0.15, 0.2) is 56.7 Å². The quantitative estimate of drug-likeness (QED) is 0.691. The molecule has 0 saturated carbocycles. The molecule has 3 rings (SSSR count). The van der Waals surface area contributed by atoms with E-state index >= 15 is 0 Å². The Morgan fingerprint density at radius 1 is 1.25 bits per heavy atom. The summed E-state index contributed by atoms with van der Waals surface area (Å²) >= 11 is 1.22. The fourth-order valence-corrected chi connectivity index (χ4v) is 2.71. The molecule has 3 aromatic rings. The van der Waals surface area contributed by atoms with Gasteiger partial charge >= 0.3 is 0 Å². The van der Waals surface area contributed by atoms with Gasteiger partial charge in [-0.15, -0.1) is 10.2 Å². The molecule has 0 radical (unpaired) electrons. The molecule has 24 heavy (non-hydrogen) atoms. The molecule has 2 heterocycles. The van der Waals surface area contributed by atoms with E-state index in [9.17, 15) is 4.79 Å². The number of nitrogens with zero attached hydrogens (tertiary/aromatic N) is 2. The van der Waals surface area contributed by atoms with Crippen molar-refractivity contribution in [3.8, 4) is 11.5 Å². The molecule has 0 aliphatic carbocycles. The highest BCUT2D eigenvalue weighted by atomic mass is 32.2. The normalized spacial score (nSPS) is 12.1. The molecule has 1 aromatic carbocycles. The number of amides is 1. The van der Waals surface area contributed by atoms with Gasteiger partial charge in [0.2, 0.25) is 11.8 Å². The standard InChI is InChI=1S/C17H17N3O3S/c1-11-5-7-13(8-6-11)16-19-20-17(23-16)24-12(2)15(21)18-10-14-4-3-9-22-14/h3-9,12H,10H2,1-2H3,(H,18,21)/t12-/m1/s1. The summed E-state index contributed by atoms with van der Waals surface area (Å²) in [4.78, 5) is 12.1. The summed E-state index contributed by atoms with van der Waals surface area (Å²) < 4.78 is 10.8. The van der Waals surface area contributed by atoms with Gasteiger partial charge in [0.1, 0.15) is 5.76 Å². The molecule has 0 bridgehead atoms. The van der Waals surface area contributed by atoms with E-state index in [2.05, 4.69) is 15.5 Å². The third-order valence-electron chi connectivity index (χ3n) is 3.37. The molecule has 1 atom stereocenters. The maximum atomic E-state index is 12.1. The van der Waals surface area contributed by atoms with Crippen LogP contribution in [-0.4, -0.2) is 21.4 Å². The van der Waals surface area contributed by atoms with E-state index in [1.807, 2.05) is 37.3 Å². The van der Waals surface area contributed by atoms with Crippen LogP contribution >= 0.6 is 11.8 Å². The predicted octanol–water partition coefficient (Wildman–Crippen LogP) is 3.44. The first-order valence-corrected chi connectivity index (χ1v) is 8.37. The van der Waals surface area contributed by atoms with Crippen LogP contribution in [-0.2, 0) is 11.3 Å². The molecule has 7 heteroatoms. The molecular weight excluding hydrogens is 326 g/mol. The second-order valence-corrected chi connectivity index (χ2v) is 6.59. The first kappa shape index (κ1) is 16.3. The van der Waals surface area contributed by atoms with Gasteiger partial charge in [0, 0.05) is 5.56 Å². The number of thioether (sulfide) groups is 1. The highest BCUT2D eigenvalue weighted by Crippen LogP contribution is 2.26. The number of carbonyl (C=O) groups is 1. The van der Waals surface area contributed by atoms with E-state index in [0.29, 0.717) is 23.4 Å². The largest absolute Gasteiger partial charge is 0.467 e. The van der Waals surface area contributed by atoms with Crippen LogP contribution < -0.4 is 5.32 Å². The SMILES string of the molecule is Cc1ccc(-c2nnc(S[C@H](C)C(=O)NCc3ccco3)o2)cc1. The van der Waals surface area contributed by atoms with Crippen molar-refractivity contribution in [1.29, 1.82) is 0 Å². The lowest BCUT2D eigenvalue weighted by atomic mass is 10.1. The zero-order valence-electron chi connectivity index (χ0n) is 13.4. The van der Waals surface area contributed by atoms with Crippen LogP contribution in [0.4, 0.5) is 0 Å².